The fraction of sp³-hybridized carbons (Fsp3) is 0.786. The van der Waals surface area contributed by atoms with Crippen LogP contribution in [0.1, 0.15) is 39.5 Å². The van der Waals surface area contributed by atoms with E-state index in [-0.39, 0.29) is 12.3 Å². The minimum absolute atomic E-state index is 0.0645. The molecule has 0 amide bonds. The first-order chi connectivity index (χ1) is 8.63. The van der Waals surface area contributed by atoms with E-state index in [1.54, 1.807) is 6.08 Å². The molecule has 0 aliphatic carbocycles. The summed E-state index contributed by atoms with van der Waals surface area (Å²) >= 11 is 0. The first-order valence-electron chi connectivity index (χ1n) is 6.65. The fourth-order valence-corrected chi connectivity index (χ4v) is 1.89. The van der Waals surface area contributed by atoms with Crippen molar-refractivity contribution < 1.29 is 19.0 Å². The third kappa shape index (κ3) is 5.65. The molecular weight excluding hydrogens is 232 g/mol. The summed E-state index contributed by atoms with van der Waals surface area (Å²) < 4.78 is 15.8. The van der Waals surface area contributed by atoms with Gasteiger partial charge in [0.15, 0.2) is 6.29 Å². The van der Waals surface area contributed by atoms with E-state index in [0.29, 0.717) is 12.5 Å². The highest BCUT2D eigenvalue weighted by molar-refractivity contribution is 5.82. The third-order valence-electron chi connectivity index (χ3n) is 3.08. The summed E-state index contributed by atoms with van der Waals surface area (Å²) in [6.07, 6.45) is 5.50. The van der Waals surface area contributed by atoms with Gasteiger partial charge >= 0.3 is 5.97 Å². The number of rotatable bonds is 6. The lowest BCUT2D eigenvalue weighted by Crippen LogP contribution is -2.23. The molecule has 0 radical (unpaired) electrons. The second kappa shape index (κ2) is 8.27. The SMILES string of the molecule is COC(=O)C=C(CCOC1CCCCO1)C(C)C. The molecule has 0 aromatic rings. The molecule has 0 N–H and O–H groups in total. The Bertz CT molecular complexity index is 278. The number of methoxy groups -OCH3 is 1. The van der Waals surface area contributed by atoms with E-state index in [0.717, 1.165) is 31.4 Å². The van der Waals surface area contributed by atoms with Crippen LogP contribution >= 0.6 is 0 Å². The third-order valence-corrected chi connectivity index (χ3v) is 3.08. The molecule has 0 spiro atoms. The Morgan fingerprint density at radius 1 is 1.44 bits per heavy atom. The lowest BCUT2D eigenvalue weighted by atomic mass is 10.00. The summed E-state index contributed by atoms with van der Waals surface area (Å²) in [7, 11) is 1.39. The van der Waals surface area contributed by atoms with Crippen LogP contribution in [0, 0.1) is 5.92 Å². The topological polar surface area (TPSA) is 44.8 Å². The molecule has 1 aliphatic heterocycles. The quantitative estimate of drug-likeness (QED) is 0.541. The van der Waals surface area contributed by atoms with Crippen LogP contribution in [0.3, 0.4) is 0 Å². The van der Waals surface area contributed by atoms with Gasteiger partial charge in [0.05, 0.1) is 13.7 Å². The summed E-state index contributed by atoms with van der Waals surface area (Å²) in [5.41, 5.74) is 1.05. The van der Waals surface area contributed by atoms with Gasteiger partial charge in [0.1, 0.15) is 0 Å². The molecule has 18 heavy (non-hydrogen) atoms. The Kier molecular flexibility index (Phi) is 6.98. The maximum absolute atomic E-state index is 11.2. The molecule has 0 saturated carbocycles. The highest BCUT2D eigenvalue weighted by Crippen LogP contribution is 2.17. The zero-order valence-electron chi connectivity index (χ0n) is 11.6. The minimum atomic E-state index is -0.299. The van der Waals surface area contributed by atoms with E-state index in [1.165, 1.54) is 13.5 Å². The van der Waals surface area contributed by atoms with Crippen molar-refractivity contribution in [3.8, 4) is 0 Å². The van der Waals surface area contributed by atoms with Crippen LogP contribution in [0.25, 0.3) is 0 Å². The molecule has 104 valence electrons. The average Bonchev–Trinajstić information content (AvgIpc) is 2.38. The van der Waals surface area contributed by atoms with Crippen LogP contribution in [0.2, 0.25) is 0 Å². The lowest BCUT2D eigenvalue weighted by molar-refractivity contribution is -0.161. The standard InChI is InChI=1S/C14H24O4/c1-11(2)12(10-13(15)16-3)7-9-18-14-6-4-5-8-17-14/h10-11,14H,4-9H2,1-3H3. The Hall–Kier alpha value is -0.870. The Morgan fingerprint density at radius 3 is 2.78 bits per heavy atom. The molecule has 4 nitrogen and oxygen atoms in total. The predicted molar refractivity (Wildman–Crippen MR) is 69.1 cm³/mol. The fourth-order valence-electron chi connectivity index (χ4n) is 1.89. The van der Waals surface area contributed by atoms with Gasteiger partial charge in [-0.3, -0.25) is 0 Å². The molecule has 0 aromatic heterocycles. The predicted octanol–water partition coefficient (Wildman–Crippen LogP) is 2.68. The van der Waals surface area contributed by atoms with Gasteiger partial charge in [-0.1, -0.05) is 19.4 Å². The van der Waals surface area contributed by atoms with Gasteiger partial charge in [-0.25, -0.2) is 4.79 Å². The number of esters is 1. The summed E-state index contributed by atoms with van der Waals surface area (Å²) in [5.74, 6) is 0.0209. The smallest absolute Gasteiger partial charge is 0.330 e. The monoisotopic (exact) mass is 256 g/mol. The van der Waals surface area contributed by atoms with E-state index >= 15 is 0 Å². The van der Waals surface area contributed by atoms with E-state index in [9.17, 15) is 4.79 Å². The lowest BCUT2D eigenvalue weighted by Gasteiger charge is -2.23. The van der Waals surface area contributed by atoms with Crippen LogP contribution in [0.15, 0.2) is 11.6 Å². The first kappa shape index (κ1) is 15.2. The Labute approximate surface area is 109 Å². The number of hydrogen-bond acceptors (Lipinski definition) is 4. The van der Waals surface area contributed by atoms with Gasteiger partial charge in [-0.15, -0.1) is 0 Å². The summed E-state index contributed by atoms with van der Waals surface area (Å²) in [6, 6.07) is 0. The van der Waals surface area contributed by atoms with Gasteiger partial charge in [-0.05, 0) is 31.6 Å². The highest BCUT2D eigenvalue weighted by atomic mass is 16.7. The van der Waals surface area contributed by atoms with Gasteiger partial charge in [-0.2, -0.15) is 0 Å². The van der Waals surface area contributed by atoms with Crippen LogP contribution in [-0.4, -0.2) is 32.6 Å². The normalized spacial score (nSPS) is 21.1. The van der Waals surface area contributed by atoms with Gasteiger partial charge in [0.2, 0.25) is 0 Å². The summed E-state index contributed by atoms with van der Waals surface area (Å²) in [4.78, 5) is 11.2. The molecule has 1 heterocycles. The average molecular weight is 256 g/mol. The Balaban J connectivity index is 2.33. The van der Waals surface area contributed by atoms with Crippen LogP contribution in [-0.2, 0) is 19.0 Å². The Morgan fingerprint density at radius 2 is 2.22 bits per heavy atom. The van der Waals surface area contributed by atoms with Crippen LogP contribution in [0.4, 0.5) is 0 Å². The molecule has 1 atom stereocenters. The number of ether oxygens (including phenoxy) is 3. The van der Waals surface area contributed by atoms with Crippen molar-refractivity contribution in [2.75, 3.05) is 20.3 Å². The van der Waals surface area contributed by atoms with Gasteiger partial charge < -0.3 is 14.2 Å². The van der Waals surface area contributed by atoms with Gasteiger partial charge in [0, 0.05) is 12.7 Å². The molecular formula is C14H24O4. The summed E-state index contributed by atoms with van der Waals surface area (Å²) in [6.45, 7) is 5.50. The molecule has 1 rings (SSSR count). The molecule has 1 unspecified atom stereocenters. The van der Waals surface area contributed by atoms with Crippen molar-refractivity contribution in [3.63, 3.8) is 0 Å². The maximum Gasteiger partial charge on any atom is 0.330 e. The van der Waals surface area contributed by atoms with Crippen LogP contribution in [0.5, 0.6) is 0 Å². The second-order valence-corrected chi connectivity index (χ2v) is 4.81. The number of carbonyl (C=O) groups is 1. The van der Waals surface area contributed by atoms with Crippen molar-refractivity contribution in [1.82, 2.24) is 0 Å². The van der Waals surface area contributed by atoms with E-state index in [1.807, 2.05) is 0 Å². The van der Waals surface area contributed by atoms with Gasteiger partial charge in [0.25, 0.3) is 0 Å². The second-order valence-electron chi connectivity index (χ2n) is 4.81. The minimum Gasteiger partial charge on any atom is -0.466 e. The number of carbonyl (C=O) groups excluding carboxylic acids is 1. The van der Waals surface area contributed by atoms with E-state index in [4.69, 9.17) is 9.47 Å². The zero-order valence-corrected chi connectivity index (χ0v) is 11.6. The maximum atomic E-state index is 11.2. The van der Waals surface area contributed by atoms with Crippen molar-refractivity contribution >= 4 is 5.97 Å². The van der Waals surface area contributed by atoms with Crippen molar-refractivity contribution in [2.45, 2.75) is 45.8 Å². The van der Waals surface area contributed by atoms with Crippen molar-refractivity contribution in [3.05, 3.63) is 11.6 Å². The number of hydrogen-bond donors (Lipinski definition) is 0. The molecule has 4 heteroatoms. The molecule has 1 saturated heterocycles. The molecule has 0 bridgehead atoms. The van der Waals surface area contributed by atoms with Crippen LogP contribution < -0.4 is 0 Å². The van der Waals surface area contributed by atoms with E-state index in [2.05, 4.69) is 18.6 Å². The molecule has 1 fully saturated rings. The van der Waals surface area contributed by atoms with Crippen molar-refractivity contribution in [1.29, 1.82) is 0 Å². The molecule has 1 aliphatic rings. The van der Waals surface area contributed by atoms with E-state index < -0.39 is 0 Å². The molecule has 0 aromatic carbocycles. The zero-order chi connectivity index (χ0) is 13.4. The highest BCUT2D eigenvalue weighted by Gasteiger charge is 2.14. The largest absolute Gasteiger partial charge is 0.466 e. The first-order valence-corrected chi connectivity index (χ1v) is 6.65. The summed E-state index contributed by atoms with van der Waals surface area (Å²) in [5, 5.41) is 0. The van der Waals surface area contributed by atoms with Crippen molar-refractivity contribution in [2.24, 2.45) is 5.92 Å².